The zero-order valence-electron chi connectivity index (χ0n) is 14.4. The highest BCUT2D eigenvalue weighted by molar-refractivity contribution is 6.30. The number of amides is 1. The van der Waals surface area contributed by atoms with Gasteiger partial charge < -0.3 is 9.72 Å². The van der Waals surface area contributed by atoms with Crippen LogP contribution < -0.4 is 0 Å². The van der Waals surface area contributed by atoms with E-state index in [1.54, 1.807) is 33.0 Å². The maximum absolute atomic E-state index is 14.0. The summed E-state index contributed by atoms with van der Waals surface area (Å²) < 4.78 is 19.4. The number of hydrogen-bond donors (Lipinski definition) is 1. The van der Waals surface area contributed by atoms with Crippen LogP contribution in [0.5, 0.6) is 0 Å². The van der Waals surface area contributed by atoms with Crippen molar-refractivity contribution in [2.24, 2.45) is 0 Å². The van der Waals surface area contributed by atoms with Gasteiger partial charge in [0.15, 0.2) is 0 Å². The minimum Gasteiger partial charge on any atom is -0.444 e. The molecule has 2 unspecified atom stereocenters. The Bertz CT molecular complexity index is 772. The number of carbonyl (C=O) groups is 1. The molecule has 2 atom stereocenters. The number of halogens is 2. The summed E-state index contributed by atoms with van der Waals surface area (Å²) in [5.41, 5.74) is 1.01. The molecule has 1 aromatic heterocycles. The average Bonchev–Trinajstić information content (AvgIpc) is 3.11. The van der Waals surface area contributed by atoms with Crippen molar-refractivity contribution in [2.45, 2.75) is 45.0 Å². The molecular formula is C18H21ClFN3O2. The molecule has 1 saturated heterocycles. The molecule has 1 fully saturated rings. The number of benzene rings is 1. The van der Waals surface area contributed by atoms with Crippen LogP contribution in [0, 0.1) is 0 Å². The number of nitrogens with one attached hydrogen (secondary N) is 1. The third-order valence-corrected chi connectivity index (χ3v) is 4.16. The minimum atomic E-state index is -1.10. The topological polar surface area (TPSA) is 58.2 Å². The van der Waals surface area contributed by atoms with E-state index in [0.717, 1.165) is 11.3 Å². The number of hydrogen-bond acceptors (Lipinski definition) is 3. The summed E-state index contributed by atoms with van der Waals surface area (Å²) in [6, 6.07) is 6.88. The van der Waals surface area contributed by atoms with E-state index in [1.165, 1.54) is 4.90 Å². The number of alkyl halides is 1. The lowest BCUT2D eigenvalue weighted by atomic mass is 10.2. The Hall–Kier alpha value is -2.08. The molecule has 0 saturated carbocycles. The molecule has 7 heteroatoms. The predicted octanol–water partition coefficient (Wildman–Crippen LogP) is 4.75. The van der Waals surface area contributed by atoms with Crippen molar-refractivity contribution < 1.29 is 13.9 Å². The largest absolute Gasteiger partial charge is 0.444 e. The average molecular weight is 366 g/mol. The molecule has 1 aliphatic rings. The van der Waals surface area contributed by atoms with Crippen LogP contribution in [0.2, 0.25) is 5.02 Å². The number of rotatable bonds is 2. The second kappa shape index (κ2) is 6.67. The summed E-state index contributed by atoms with van der Waals surface area (Å²) in [6.45, 7) is 5.36. The number of ether oxygens (including phenoxy) is 1. The molecule has 3 rings (SSSR count). The van der Waals surface area contributed by atoms with Gasteiger partial charge in [0, 0.05) is 17.0 Å². The van der Waals surface area contributed by atoms with Crippen molar-refractivity contribution in [1.29, 1.82) is 0 Å². The van der Waals surface area contributed by atoms with E-state index in [0.29, 0.717) is 10.8 Å². The fraction of sp³-hybridized carbons (Fsp3) is 0.444. The smallest absolute Gasteiger partial charge is 0.411 e. The molecule has 134 valence electrons. The number of imidazole rings is 1. The van der Waals surface area contributed by atoms with Crippen molar-refractivity contribution in [3.63, 3.8) is 0 Å². The summed E-state index contributed by atoms with van der Waals surface area (Å²) >= 11 is 6.02. The van der Waals surface area contributed by atoms with Crippen LogP contribution in [0.25, 0.3) is 11.3 Å². The third-order valence-electron chi connectivity index (χ3n) is 3.92. The summed E-state index contributed by atoms with van der Waals surface area (Å²) in [7, 11) is 0. The Morgan fingerprint density at radius 3 is 2.88 bits per heavy atom. The van der Waals surface area contributed by atoms with E-state index >= 15 is 0 Å². The molecule has 0 radical (unpaired) electrons. The second-order valence-electron chi connectivity index (χ2n) is 7.17. The molecular weight excluding hydrogens is 345 g/mol. The van der Waals surface area contributed by atoms with Gasteiger partial charge in [-0.25, -0.2) is 14.2 Å². The maximum atomic E-state index is 14.0. The van der Waals surface area contributed by atoms with Gasteiger partial charge in [0.1, 0.15) is 17.6 Å². The molecule has 1 amide bonds. The summed E-state index contributed by atoms with van der Waals surface area (Å²) in [6.07, 6.45) is 0.234. The van der Waals surface area contributed by atoms with Crippen LogP contribution >= 0.6 is 11.6 Å². The highest BCUT2D eigenvalue weighted by Gasteiger charge is 2.40. The van der Waals surface area contributed by atoms with Gasteiger partial charge in [0.05, 0.1) is 24.5 Å². The van der Waals surface area contributed by atoms with Crippen LogP contribution in [-0.2, 0) is 4.74 Å². The van der Waals surface area contributed by atoms with Crippen molar-refractivity contribution in [3.8, 4) is 11.3 Å². The van der Waals surface area contributed by atoms with Gasteiger partial charge in [0.2, 0.25) is 0 Å². The van der Waals surface area contributed by atoms with Gasteiger partial charge in [-0.3, -0.25) is 4.90 Å². The monoisotopic (exact) mass is 365 g/mol. The highest BCUT2D eigenvalue weighted by Crippen LogP contribution is 2.34. The predicted molar refractivity (Wildman–Crippen MR) is 94.2 cm³/mol. The lowest BCUT2D eigenvalue weighted by Crippen LogP contribution is -2.37. The number of nitrogens with zero attached hydrogens (tertiary/aromatic N) is 2. The number of carbonyl (C=O) groups excluding carboxylic acids is 1. The Morgan fingerprint density at radius 1 is 1.44 bits per heavy atom. The Morgan fingerprint density at radius 2 is 2.20 bits per heavy atom. The van der Waals surface area contributed by atoms with Crippen LogP contribution in [0.3, 0.4) is 0 Å². The van der Waals surface area contributed by atoms with Gasteiger partial charge >= 0.3 is 6.09 Å². The first-order valence-electron chi connectivity index (χ1n) is 8.17. The van der Waals surface area contributed by atoms with E-state index in [4.69, 9.17) is 16.3 Å². The molecule has 1 aliphatic heterocycles. The molecule has 1 N–H and O–H groups in total. The van der Waals surface area contributed by atoms with Gasteiger partial charge in [-0.2, -0.15) is 0 Å². The number of H-pyrrole nitrogens is 1. The standard InChI is InChI=1S/C18H21ClFN3O2/c1-18(2,3)25-17(24)23-10-13(20)8-15(23)16-21-9-14(22-16)11-5-4-6-12(19)7-11/h4-7,9,13,15H,8,10H2,1-3H3,(H,21,22). The number of likely N-dealkylation sites (tertiary alicyclic amines) is 1. The van der Waals surface area contributed by atoms with E-state index in [9.17, 15) is 9.18 Å². The summed E-state index contributed by atoms with van der Waals surface area (Å²) in [4.78, 5) is 21.3. The van der Waals surface area contributed by atoms with Crippen molar-refractivity contribution >= 4 is 17.7 Å². The molecule has 0 spiro atoms. The minimum absolute atomic E-state index is 0.00672. The van der Waals surface area contributed by atoms with Crippen LogP contribution in [0.4, 0.5) is 9.18 Å². The van der Waals surface area contributed by atoms with E-state index in [-0.39, 0.29) is 13.0 Å². The van der Waals surface area contributed by atoms with Crippen molar-refractivity contribution in [3.05, 3.63) is 41.3 Å². The summed E-state index contributed by atoms with van der Waals surface area (Å²) in [5, 5.41) is 0.619. The van der Waals surface area contributed by atoms with Crippen molar-refractivity contribution in [2.75, 3.05) is 6.54 Å². The molecule has 0 bridgehead atoms. The van der Waals surface area contributed by atoms with Gasteiger partial charge in [-0.15, -0.1) is 0 Å². The second-order valence-corrected chi connectivity index (χ2v) is 7.61. The highest BCUT2D eigenvalue weighted by atomic mass is 35.5. The first kappa shape index (κ1) is 17.7. The Balaban J connectivity index is 1.83. The molecule has 2 aromatic rings. The molecule has 25 heavy (non-hydrogen) atoms. The third kappa shape index (κ3) is 4.12. The van der Waals surface area contributed by atoms with E-state index < -0.39 is 23.9 Å². The lowest BCUT2D eigenvalue weighted by Gasteiger charge is -2.27. The van der Waals surface area contributed by atoms with E-state index in [2.05, 4.69) is 9.97 Å². The SMILES string of the molecule is CC(C)(C)OC(=O)N1CC(F)CC1c1ncc(-c2cccc(Cl)c2)[nH]1. The lowest BCUT2D eigenvalue weighted by molar-refractivity contribution is 0.0211. The molecule has 1 aromatic carbocycles. The van der Waals surface area contributed by atoms with E-state index in [1.807, 2.05) is 18.2 Å². The van der Waals surface area contributed by atoms with Crippen molar-refractivity contribution in [1.82, 2.24) is 14.9 Å². The zero-order valence-corrected chi connectivity index (χ0v) is 15.2. The molecule has 5 nitrogen and oxygen atoms in total. The van der Waals surface area contributed by atoms with Crippen LogP contribution in [-0.4, -0.2) is 39.3 Å². The van der Waals surface area contributed by atoms with Crippen LogP contribution in [0.15, 0.2) is 30.5 Å². The van der Waals surface area contributed by atoms with Gasteiger partial charge in [0.25, 0.3) is 0 Å². The quantitative estimate of drug-likeness (QED) is 0.835. The fourth-order valence-electron chi connectivity index (χ4n) is 2.87. The normalized spacial score (nSPS) is 20.8. The molecule has 0 aliphatic carbocycles. The fourth-order valence-corrected chi connectivity index (χ4v) is 3.07. The molecule has 2 heterocycles. The number of aromatic nitrogens is 2. The Labute approximate surface area is 151 Å². The first-order chi connectivity index (χ1) is 11.7. The maximum Gasteiger partial charge on any atom is 0.411 e. The first-order valence-corrected chi connectivity index (χ1v) is 8.55. The zero-order chi connectivity index (χ0) is 18.2. The number of aromatic amines is 1. The van der Waals surface area contributed by atoms with Gasteiger partial charge in [-0.1, -0.05) is 23.7 Å². The summed E-state index contributed by atoms with van der Waals surface area (Å²) in [5.74, 6) is 0.543. The Kier molecular flexibility index (Phi) is 4.73. The van der Waals surface area contributed by atoms with Crippen LogP contribution in [0.1, 0.15) is 39.1 Å². The van der Waals surface area contributed by atoms with Gasteiger partial charge in [-0.05, 0) is 32.9 Å².